The van der Waals surface area contributed by atoms with Gasteiger partial charge in [0.05, 0.1) is 39.1 Å². The van der Waals surface area contributed by atoms with E-state index >= 15 is 0 Å². The van der Waals surface area contributed by atoms with Crippen LogP contribution in [0.1, 0.15) is 24.0 Å². The van der Waals surface area contributed by atoms with Crippen LogP contribution in [0.5, 0.6) is 5.75 Å². The molecule has 1 heterocycles. The van der Waals surface area contributed by atoms with Crippen LogP contribution in [-0.2, 0) is 27.4 Å². The van der Waals surface area contributed by atoms with Gasteiger partial charge < -0.3 is 18.9 Å². The van der Waals surface area contributed by atoms with E-state index in [1.165, 1.54) is 5.56 Å². The van der Waals surface area contributed by atoms with Crippen molar-refractivity contribution in [3.8, 4) is 5.75 Å². The van der Waals surface area contributed by atoms with E-state index in [1.54, 1.807) is 7.11 Å². The van der Waals surface area contributed by atoms with Gasteiger partial charge in [0.25, 0.3) is 0 Å². The smallest absolute Gasteiger partial charge is 0.118 e. The molecule has 4 heteroatoms. The Bertz CT molecular complexity index is 608. The summed E-state index contributed by atoms with van der Waals surface area (Å²) < 4.78 is 22.4. The molecule has 2 atom stereocenters. The van der Waals surface area contributed by atoms with E-state index in [-0.39, 0.29) is 6.10 Å². The third-order valence-corrected chi connectivity index (χ3v) is 4.27. The van der Waals surface area contributed by atoms with Crippen molar-refractivity contribution in [1.82, 2.24) is 0 Å². The van der Waals surface area contributed by atoms with Gasteiger partial charge in [0, 0.05) is 13.0 Å². The van der Waals surface area contributed by atoms with Crippen molar-refractivity contribution in [2.75, 3.05) is 20.3 Å². The van der Waals surface area contributed by atoms with Gasteiger partial charge in [-0.1, -0.05) is 42.5 Å². The Morgan fingerprint density at radius 3 is 2.40 bits per heavy atom. The summed E-state index contributed by atoms with van der Waals surface area (Å²) in [6, 6.07) is 18.2. The van der Waals surface area contributed by atoms with E-state index in [0.29, 0.717) is 25.9 Å². The summed E-state index contributed by atoms with van der Waals surface area (Å²) in [5.41, 5.74) is 2.34. The molecule has 0 aromatic heterocycles. The molecule has 0 N–H and O–H groups in total. The highest BCUT2D eigenvalue weighted by Gasteiger charge is 2.27. The summed E-state index contributed by atoms with van der Waals surface area (Å²) in [7, 11) is 1.67. The molecule has 0 radical (unpaired) electrons. The number of epoxide rings is 1. The predicted octanol–water partition coefficient (Wildman–Crippen LogP) is 3.98. The molecule has 1 fully saturated rings. The van der Waals surface area contributed by atoms with Crippen LogP contribution >= 0.6 is 0 Å². The molecule has 2 aromatic carbocycles. The highest BCUT2D eigenvalue weighted by atomic mass is 16.6. The van der Waals surface area contributed by atoms with Crippen molar-refractivity contribution in [1.29, 1.82) is 0 Å². The van der Waals surface area contributed by atoms with Gasteiger partial charge in [-0.2, -0.15) is 0 Å². The van der Waals surface area contributed by atoms with Gasteiger partial charge in [-0.05, 0) is 29.7 Å². The number of benzene rings is 2. The molecule has 2 aromatic rings. The van der Waals surface area contributed by atoms with Crippen molar-refractivity contribution < 1.29 is 18.9 Å². The Labute approximate surface area is 149 Å². The molecule has 1 aliphatic rings. The molecule has 1 saturated heterocycles. The summed E-state index contributed by atoms with van der Waals surface area (Å²) in [6.07, 6.45) is 2.35. The SMILES string of the molecule is COc1ccc(COCC[C@@H](C[C@H]2CO2)OCc2ccccc2)cc1. The molecule has 0 amide bonds. The van der Waals surface area contributed by atoms with Crippen LogP contribution in [0.2, 0.25) is 0 Å². The van der Waals surface area contributed by atoms with E-state index in [0.717, 1.165) is 30.8 Å². The van der Waals surface area contributed by atoms with Crippen LogP contribution < -0.4 is 4.74 Å². The fourth-order valence-corrected chi connectivity index (χ4v) is 2.68. The number of hydrogen-bond acceptors (Lipinski definition) is 4. The average Bonchev–Trinajstić information content (AvgIpc) is 3.48. The molecule has 4 nitrogen and oxygen atoms in total. The van der Waals surface area contributed by atoms with Crippen molar-refractivity contribution in [2.24, 2.45) is 0 Å². The zero-order valence-corrected chi connectivity index (χ0v) is 14.7. The first-order chi connectivity index (χ1) is 12.3. The maximum Gasteiger partial charge on any atom is 0.118 e. The minimum Gasteiger partial charge on any atom is -0.497 e. The third kappa shape index (κ3) is 6.50. The fraction of sp³-hybridized carbons (Fsp3) is 0.429. The Morgan fingerprint density at radius 2 is 1.72 bits per heavy atom. The molecule has 0 spiro atoms. The second kappa shape index (κ2) is 9.56. The quantitative estimate of drug-likeness (QED) is 0.457. The van der Waals surface area contributed by atoms with E-state index in [2.05, 4.69) is 12.1 Å². The first-order valence-corrected chi connectivity index (χ1v) is 8.81. The highest BCUT2D eigenvalue weighted by Crippen LogP contribution is 2.21. The van der Waals surface area contributed by atoms with E-state index in [9.17, 15) is 0 Å². The van der Waals surface area contributed by atoms with Crippen LogP contribution in [0.15, 0.2) is 54.6 Å². The monoisotopic (exact) mass is 342 g/mol. The fourth-order valence-electron chi connectivity index (χ4n) is 2.68. The Kier molecular flexibility index (Phi) is 6.86. The Morgan fingerprint density at radius 1 is 1.00 bits per heavy atom. The summed E-state index contributed by atoms with van der Waals surface area (Å²) in [4.78, 5) is 0. The summed E-state index contributed by atoms with van der Waals surface area (Å²) >= 11 is 0. The first-order valence-electron chi connectivity index (χ1n) is 8.81. The topological polar surface area (TPSA) is 40.2 Å². The molecular weight excluding hydrogens is 316 g/mol. The van der Waals surface area contributed by atoms with Crippen molar-refractivity contribution in [3.63, 3.8) is 0 Å². The summed E-state index contributed by atoms with van der Waals surface area (Å²) in [5, 5.41) is 0. The standard InChI is InChI=1S/C21H26O4/c1-22-19-9-7-18(8-10-19)14-23-12-11-20(13-21-16-25-21)24-15-17-5-3-2-4-6-17/h2-10,20-21H,11-16H2,1H3/t20-,21-/m0/s1. The lowest BCUT2D eigenvalue weighted by atomic mass is 10.1. The minimum atomic E-state index is 0.170. The molecule has 0 unspecified atom stereocenters. The van der Waals surface area contributed by atoms with Crippen molar-refractivity contribution >= 4 is 0 Å². The van der Waals surface area contributed by atoms with Gasteiger partial charge in [0.1, 0.15) is 5.75 Å². The molecule has 0 aliphatic carbocycles. The molecule has 1 aliphatic heterocycles. The van der Waals surface area contributed by atoms with Crippen molar-refractivity contribution in [3.05, 3.63) is 65.7 Å². The van der Waals surface area contributed by atoms with Crippen LogP contribution in [0, 0.1) is 0 Å². The predicted molar refractivity (Wildman–Crippen MR) is 96.6 cm³/mol. The van der Waals surface area contributed by atoms with Crippen LogP contribution in [0.4, 0.5) is 0 Å². The number of hydrogen-bond donors (Lipinski definition) is 0. The lowest BCUT2D eigenvalue weighted by Gasteiger charge is -2.17. The normalized spacial score (nSPS) is 17.2. The van der Waals surface area contributed by atoms with E-state index in [4.69, 9.17) is 18.9 Å². The largest absolute Gasteiger partial charge is 0.497 e. The highest BCUT2D eigenvalue weighted by molar-refractivity contribution is 5.26. The third-order valence-electron chi connectivity index (χ3n) is 4.27. The van der Waals surface area contributed by atoms with Gasteiger partial charge >= 0.3 is 0 Å². The number of methoxy groups -OCH3 is 1. The van der Waals surface area contributed by atoms with E-state index < -0.39 is 0 Å². The molecule has 25 heavy (non-hydrogen) atoms. The summed E-state index contributed by atoms with van der Waals surface area (Å²) in [6.45, 7) is 2.78. The van der Waals surface area contributed by atoms with Gasteiger partial charge in [-0.25, -0.2) is 0 Å². The molecule has 0 saturated carbocycles. The Balaban J connectivity index is 1.39. The van der Waals surface area contributed by atoms with Gasteiger partial charge in [0.2, 0.25) is 0 Å². The maximum absolute atomic E-state index is 6.09. The molecule has 3 rings (SSSR count). The maximum atomic E-state index is 6.09. The molecular formula is C21H26O4. The van der Waals surface area contributed by atoms with Crippen molar-refractivity contribution in [2.45, 2.75) is 38.3 Å². The first kappa shape index (κ1) is 17.9. The van der Waals surface area contributed by atoms with Crippen LogP contribution in [-0.4, -0.2) is 32.5 Å². The molecule has 0 bridgehead atoms. The van der Waals surface area contributed by atoms with Gasteiger partial charge in [-0.3, -0.25) is 0 Å². The zero-order chi connectivity index (χ0) is 17.3. The number of ether oxygens (including phenoxy) is 4. The average molecular weight is 342 g/mol. The van der Waals surface area contributed by atoms with Gasteiger partial charge in [-0.15, -0.1) is 0 Å². The lowest BCUT2D eigenvalue weighted by molar-refractivity contribution is 0.000890. The Hall–Kier alpha value is -1.88. The second-order valence-electron chi connectivity index (χ2n) is 6.30. The van der Waals surface area contributed by atoms with Crippen LogP contribution in [0.25, 0.3) is 0 Å². The van der Waals surface area contributed by atoms with E-state index in [1.807, 2.05) is 42.5 Å². The molecule has 134 valence electrons. The van der Waals surface area contributed by atoms with Gasteiger partial charge in [0.15, 0.2) is 0 Å². The van der Waals surface area contributed by atoms with Crippen LogP contribution in [0.3, 0.4) is 0 Å². The number of rotatable bonds is 11. The minimum absolute atomic E-state index is 0.170. The summed E-state index contributed by atoms with van der Waals surface area (Å²) in [5.74, 6) is 0.863. The second-order valence-corrected chi connectivity index (χ2v) is 6.30. The lowest BCUT2D eigenvalue weighted by Crippen LogP contribution is -2.18. The zero-order valence-electron chi connectivity index (χ0n) is 14.7.